The summed E-state index contributed by atoms with van der Waals surface area (Å²) in [5.74, 6) is 0.752. The van der Waals surface area contributed by atoms with Crippen LogP contribution in [0.15, 0.2) is 48.7 Å². The van der Waals surface area contributed by atoms with E-state index in [1.807, 2.05) is 36.4 Å². The largest absolute Gasteiger partial charge is 0.352 e. The van der Waals surface area contributed by atoms with Crippen LogP contribution in [0.5, 0.6) is 0 Å². The van der Waals surface area contributed by atoms with Crippen molar-refractivity contribution >= 4 is 27.8 Å². The summed E-state index contributed by atoms with van der Waals surface area (Å²) < 4.78 is 0. The number of hydrogen-bond donors (Lipinski definition) is 3. The first-order valence-electron chi connectivity index (χ1n) is 7.45. The minimum absolute atomic E-state index is 0.115. The molecule has 114 valence electrons. The van der Waals surface area contributed by atoms with Crippen molar-refractivity contribution in [2.45, 2.75) is 6.42 Å². The van der Waals surface area contributed by atoms with Crippen molar-refractivity contribution in [3.8, 4) is 0 Å². The highest BCUT2D eigenvalue weighted by molar-refractivity contribution is 6.05. The number of rotatable bonds is 4. The van der Waals surface area contributed by atoms with Gasteiger partial charge in [-0.3, -0.25) is 9.89 Å². The molecule has 2 aromatic heterocycles. The maximum Gasteiger partial charge on any atom is 0.253 e. The molecule has 4 aromatic rings. The number of nitrogens with zero attached hydrogens (tertiary/aromatic N) is 2. The van der Waals surface area contributed by atoms with E-state index < -0.39 is 0 Å². The Morgan fingerprint density at radius 3 is 2.96 bits per heavy atom. The zero-order chi connectivity index (χ0) is 15.6. The van der Waals surface area contributed by atoms with Crippen molar-refractivity contribution in [1.82, 2.24) is 25.5 Å². The van der Waals surface area contributed by atoms with Gasteiger partial charge in [0.25, 0.3) is 5.91 Å². The second-order valence-corrected chi connectivity index (χ2v) is 5.35. The van der Waals surface area contributed by atoms with E-state index in [2.05, 4.69) is 25.5 Å². The zero-order valence-corrected chi connectivity index (χ0v) is 12.3. The predicted molar refractivity (Wildman–Crippen MR) is 88.2 cm³/mol. The van der Waals surface area contributed by atoms with Crippen LogP contribution < -0.4 is 5.32 Å². The maximum atomic E-state index is 12.3. The van der Waals surface area contributed by atoms with Crippen LogP contribution in [-0.4, -0.2) is 32.6 Å². The molecule has 0 fully saturated rings. The summed E-state index contributed by atoms with van der Waals surface area (Å²) in [6.45, 7) is 0.517. The van der Waals surface area contributed by atoms with E-state index >= 15 is 0 Å². The van der Waals surface area contributed by atoms with Gasteiger partial charge in [-0.2, -0.15) is 5.10 Å². The molecule has 0 aliphatic heterocycles. The molecule has 3 N–H and O–H groups in total. The van der Waals surface area contributed by atoms with Gasteiger partial charge >= 0.3 is 0 Å². The van der Waals surface area contributed by atoms with Crippen LogP contribution in [-0.2, 0) is 6.42 Å². The Kier molecular flexibility index (Phi) is 3.27. The summed E-state index contributed by atoms with van der Waals surface area (Å²) in [5.41, 5.74) is 3.31. The Morgan fingerprint density at radius 2 is 2.04 bits per heavy atom. The lowest BCUT2D eigenvalue weighted by Gasteiger charge is -2.05. The van der Waals surface area contributed by atoms with Gasteiger partial charge in [0.05, 0.1) is 28.3 Å². The number of amides is 1. The van der Waals surface area contributed by atoms with Crippen LogP contribution in [0.3, 0.4) is 0 Å². The highest BCUT2D eigenvalue weighted by Gasteiger charge is 2.11. The van der Waals surface area contributed by atoms with Crippen molar-refractivity contribution in [1.29, 1.82) is 0 Å². The first kappa shape index (κ1) is 13.5. The molecule has 2 aromatic carbocycles. The number of para-hydroxylation sites is 3. The summed E-state index contributed by atoms with van der Waals surface area (Å²) in [5, 5.41) is 10.7. The molecular weight excluding hydrogens is 290 g/mol. The molecule has 0 aliphatic rings. The molecule has 23 heavy (non-hydrogen) atoms. The second kappa shape index (κ2) is 5.57. The van der Waals surface area contributed by atoms with Crippen molar-refractivity contribution in [3.63, 3.8) is 0 Å². The number of nitrogens with one attached hydrogen (secondary N) is 3. The number of imidazole rings is 1. The number of benzene rings is 2. The molecule has 1 amide bonds. The fraction of sp³-hybridized carbons (Fsp3) is 0.118. The SMILES string of the molecule is O=C(NCCc1nc2ccccc2[nH]1)c1cccc2cn[nH]c12. The first-order valence-corrected chi connectivity index (χ1v) is 7.45. The first-order chi connectivity index (χ1) is 11.3. The minimum Gasteiger partial charge on any atom is -0.352 e. The van der Waals surface area contributed by atoms with Crippen molar-refractivity contribution in [2.75, 3.05) is 6.54 Å². The van der Waals surface area contributed by atoms with Gasteiger partial charge in [0, 0.05) is 18.4 Å². The third-order valence-electron chi connectivity index (χ3n) is 3.81. The van der Waals surface area contributed by atoms with Crippen LogP contribution >= 0.6 is 0 Å². The normalized spacial score (nSPS) is 11.1. The molecule has 0 saturated heterocycles. The second-order valence-electron chi connectivity index (χ2n) is 5.35. The molecule has 0 radical (unpaired) electrons. The van der Waals surface area contributed by atoms with Crippen LogP contribution in [0.2, 0.25) is 0 Å². The number of fused-ring (bicyclic) bond motifs is 2. The fourth-order valence-corrected chi connectivity index (χ4v) is 2.67. The molecule has 0 spiro atoms. The Labute approximate surface area is 131 Å². The number of aromatic nitrogens is 4. The number of aromatic amines is 2. The van der Waals surface area contributed by atoms with Crippen LogP contribution in [0, 0.1) is 0 Å². The van der Waals surface area contributed by atoms with E-state index in [1.165, 1.54) is 0 Å². The van der Waals surface area contributed by atoms with E-state index in [-0.39, 0.29) is 5.91 Å². The number of carbonyl (C=O) groups excluding carboxylic acids is 1. The number of H-pyrrole nitrogens is 2. The Bertz CT molecular complexity index is 952. The van der Waals surface area contributed by atoms with Gasteiger partial charge in [-0.05, 0) is 18.2 Å². The number of carbonyl (C=O) groups is 1. The van der Waals surface area contributed by atoms with Crippen molar-refractivity contribution in [2.24, 2.45) is 0 Å². The number of hydrogen-bond acceptors (Lipinski definition) is 3. The van der Waals surface area contributed by atoms with E-state index in [4.69, 9.17) is 0 Å². The molecule has 4 rings (SSSR count). The summed E-state index contributed by atoms with van der Waals surface area (Å²) in [7, 11) is 0. The molecule has 2 heterocycles. The lowest BCUT2D eigenvalue weighted by Crippen LogP contribution is -2.26. The average molecular weight is 305 g/mol. The smallest absolute Gasteiger partial charge is 0.253 e. The van der Waals surface area contributed by atoms with Crippen LogP contribution in [0.4, 0.5) is 0 Å². The Balaban J connectivity index is 1.44. The fourth-order valence-electron chi connectivity index (χ4n) is 2.67. The standard InChI is InChI=1S/C17H15N5O/c23-17(12-5-3-4-11-10-19-22-16(11)12)18-9-8-15-20-13-6-1-2-7-14(13)21-15/h1-7,10H,8-9H2,(H,18,23)(H,19,22)(H,20,21). The van der Waals surface area contributed by atoms with Gasteiger partial charge < -0.3 is 10.3 Å². The van der Waals surface area contributed by atoms with Gasteiger partial charge in [0.2, 0.25) is 0 Å². The summed E-state index contributed by atoms with van der Waals surface area (Å²) in [4.78, 5) is 20.1. The zero-order valence-electron chi connectivity index (χ0n) is 12.3. The van der Waals surface area contributed by atoms with Gasteiger partial charge in [-0.25, -0.2) is 4.98 Å². The average Bonchev–Trinajstić information content (AvgIpc) is 3.20. The third kappa shape index (κ3) is 2.55. The van der Waals surface area contributed by atoms with Gasteiger partial charge in [-0.1, -0.05) is 24.3 Å². The van der Waals surface area contributed by atoms with Crippen molar-refractivity contribution in [3.05, 3.63) is 60.0 Å². The van der Waals surface area contributed by atoms with E-state index in [0.29, 0.717) is 18.5 Å². The minimum atomic E-state index is -0.115. The maximum absolute atomic E-state index is 12.3. The molecule has 0 bridgehead atoms. The van der Waals surface area contributed by atoms with Gasteiger partial charge in [0.15, 0.2) is 0 Å². The monoisotopic (exact) mass is 305 g/mol. The quantitative estimate of drug-likeness (QED) is 0.541. The Hall–Kier alpha value is -3.15. The molecule has 6 heteroatoms. The lowest BCUT2D eigenvalue weighted by atomic mass is 10.1. The highest BCUT2D eigenvalue weighted by Crippen LogP contribution is 2.15. The van der Waals surface area contributed by atoms with E-state index in [1.54, 1.807) is 12.3 Å². The molecule has 0 saturated carbocycles. The van der Waals surface area contributed by atoms with E-state index in [9.17, 15) is 4.79 Å². The van der Waals surface area contributed by atoms with Crippen molar-refractivity contribution < 1.29 is 4.79 Å². The summed E-state index contributed by atoms with van der Waals surface area (Å²) in [6, 6.07) is 13.4. The van der Waals surface area contributed by atoms with Crippen LogP contribution in [0.25, 0.3) is 21.9 Å². The highest BCUT2D eigenvalue weighted by atomic mass is 16.1. The molecule has 6 nitrogen and oxygen atoms in total. The predicted octanol–water partition coefficient (Wildman–Crippen LogP) is 2.41. The summed E-state index contributed by atoms with van der Waals surface area (Å²) in [6.07, 6.45) is 2.36. The molecule has 0 unspecified atom stereocenters. The molecule has 0 atom stereocenters. The summed E-state index contributed by atoms with van der Waals surface area (Å²) >= 11 is 0. The Morgan fingerprint density at radius 1 is 1.13 bits per heavy atom. The topological polar surface area (TPSA) is 86.5 Å². The lowest BCUT2D eigenvalue weighted by molar-refractivity contribution is 0.0955. The third-order valence-corrected chi connectivity index (χ3v) is 3.81. The molecular formula is C17H15N5O. The van der Waals surface area contributed by atoms with Gasteiger partial charge in [0.1, 0.15) is 5.82 Å². The molecule has 0 aliphatic carbocycles. The van der Waals surface area contributed by atoms with E-state index in [0.717, 1.165) is 27.8 Å². The van der Waals surface area contributed by atoms with Crippen LogP contribution in [0.1, 0.15) is 16.2 Å². The van der Waals surface area contributed by atoms with Gasteiger partial charge in [-0.15, -0.1) is 0 Å².